The maximum absolute atomic E-state index is 12.9. The van der Waals surface area contributed by atoms with E-state index in [4.69, 9.17) is 0 Å². The molecule has 0 bridgehead atoms. The van der Waals surface area contributed by atoms with Crippen molar-refractivity contribution in [3.63, 3.8) is 0 Å². The molecule has 1 aromatic rings. The fraction of sp³-hybridized carbons (Fsp3) is 0.467. The zero-order valence-electron chi connectivity index (χ0n) is 13.2. The van der Waals surface area contributed by atoms with E-state index < -0.39 is 46.9 Å². The first kappa shape index (κ1) is 19.1. The Hall–Kier alpha value is -2.26. The van der Waals surface area contributed by atoms with E-state index >= 15 is 0 Å². The Balaban J connectivity index is 2.45. The van der Waals surface area contributed by atoms with Gasteiger partial charge in [0.1, 0.15) is 0 Å². The lowest BCUT2D eigenvalue weighted by atomic mass is 10.1. The van der Waals surface area contributed by atoms with Gasteiger partial charge < -0.3 is 9.80 Å². The van der Waals surface area contributed by atoms with Gasteiger partial charge in [0.15, 0.2) is 0 Å². The van der Waals surface area contributed by atoms with Crippen molar-refractivity contribution in [2.75, 3.05) is 25.5 Å². The number of carbonyl (C=O) groups is 2. The number of rotatable bonds is 2. The van der Waals surface area contributed by atoms with Gasteiger partial charge in [0.25, 0.3) is 0 Å². The molecule has 1 atom stereocenters. The van der Waals surface area contributed by atoms with Gasteiger partial charge in [-0.15, -0.1) is 0 Å². The molecule has 0 saturated carbocycles. The van der Waals surface area contributed by atoms with Crippen LogP contribution in [-0.2, 0) is 21.9 Å². The molecule has 138 valence electrons. The summed E-state index contributed by atoms with van der Waals surface area (Å²) in [6.07, 6.45) is -10.3. The minimum absolute atomic E-state index is 0.00744. The highest BCUT2D eigenvalue weighted by atomic mass is 19.4. The number of anilines is 1. The second kappa shape index (κ2) is 6.23. The Morgan fingerprint density at radius 2 is 1.52 bits per heavy atom. The van der Waals surface area contributed by atoms with Gasteiger partial charge in [0.05, 0.1) is 17.0 Å². The summed E-state index contributed by atoms with van der Waals surface area (Å²) >= 11 is 0. The average Bonchev–Trinajstić information content (AvgIpc) is 2.86. The van der Waals surface area contributed by atoms with E-state index in [2.05, 4.69) is 0 Å². The normalized spacial score (nSPS) is 18.6. The molecule has 1 aliphatic rings. The van der Waals surface area contributed by atoms with E-state index in [1.165, 1.54) is 19.0 Å². The van der Waals surface area contributed by atoms with E-state index in [0.717, 1.165) is 4.90 Å². The van der Waals surface area contributed by atoms with Crippen LogP contribution in [0, 0.1) is 5.92 Å². The summed E-state index contributed by atoms with van der Waals surface area (Å²) in [6, 6.07) is 0.956. The lowest BCUT2D eigenvalue weighted by Gasteiger charge is -2.21. The van der Waals surface area contributed by atoms with Gasteiger partial charge >= 0.3 is 12.4 Å². The van der Waals surface area contributed by atoms with Crippen LogP contribution in [-0.4, -0.2) is 37.4 Å². The zero-order chi connectivity index (χ0) is 19.2. The molecule has 0 N–H and O–H groups in total. The third kappa shape index (κ3) is 4.05. The summed E-state index contributed by atoms with van der Waals surface area (Å²) in [5.74, 6) is -1.93. The second-order valence-corrected chi connectivity index (χ2v) is 5.90. The largest absolute Gasteiger partial charge is 0.416 e. The molecule has 1 aliphatic heterocycles. The smallest absolute Gasteiger partial charge is 0.349 e. The standard InChI is InChI=1S/C15H14F6N2O2/c1-22(2)13(25)8-3-12(24)23(7-8)11-5-9(14(16,17)18)4-10(6-11)15(19,20)21/h4-6,8H,3,7H2,1-2H3. The van der Waals surface area contributed by atoms with Gasteiger partial charge in [-0.3, -0.25) is 9.59 Å². The van der Waals surface area contributed by atoms with Crippen molar-refractivity contribution < 1.29 is 35.9 Å². The highest BCUT2D eigenvalue weighted by molar-refractivity contribution is 6.00. The van der Waals surface area contributed by atoms with Gasteiger partial charge in [-0.1, -0.05) is 0 Å². The fourth-order valence-corrected chi connectivity index (χ4v) is 2.58. The van der Waals surface area contributed by atoms with Gasteiger partial charge in [-0.05, 0) is 18.2 Å². The molecule has 1 heterocycles. The van der Waals surface area contributed by atoms with Gasteiger partial charge in [0.2, 0.25) is 11.8 Å². The first-order valence-corrected chi connectivity index (χ1v) is 7.11. The van der Waals surface area contributed by atoms with E-state index in [1.54, 1.807) is 0 Å². The highest BCUT2D eigenvalue weighted by Gasteiger charge is 2.40. The predicted octanol–water partition coefficient (Wildman–Crippen LogP) is 3.17. The second-order valence-electron chi connectivity index (χ2n) is 5.90. The number of carbonyl (C=O) groups excluding carboxylic acids is 2. The van der Waals surface area contributed by atoms with Crippen LogP contribution in [0.25, 0.3) is 0 Å². The number of hydrogen-bond donors (Lipinski definition) is 0. The van der Waals surface area contributed by atoms with Crippen LogP contribution in [0.3, 0.4) is 0 Å². The molecule has 4 nitrogen and oxygen atoms in total. The number of halogens is 6. The Bertz CT molecular complexity index is 664. The van der Waals surface area contributed by atoms with Crippen LogP contribution < -0.4 is 4.90 Å². The maximum atomic E-state index is 12.9. The summed E-state index contributed by atoms with van der Waals surface area (Å²) in [4.78, 5) is 25.9. The molecule has 1 unspecified atom stereocenters. The third-order valence-electron chi connectivity index (χ3n) is 3.80. The SMILES string of the molecule is CN(C)C(=O)C1CC(=O)N(c2cc(C(F)(F)F)cc(C(F)(F)F)c2)C1. The molecule has 0 radical (unpaired) electrons. The molecular weight excluding hydrogens is 354 g/mol. The number of amides is 2. The van der Waals surface area contributed by atoms with Crippen LogP contribution >= 0.6 is 0 Å². The molecule has 0 aliphatic carbocycles. The lowest BCUT2D eigenvalue weighted by Crippen LogP contribution is -2.32. The van der Waals surface area contributed by atoms with E-state index in [1.807, 2.05) is 0 Å². The summed E-state index contributed by atoms with van der Waals surface area (Å²) in [6.45, 7) is -0.269. The summed E-state index contributed by atoms with van der Waals surface area (Å²) in [5, 5.41) is 0. The fourth-order valence-electron chi connectivity index (χ4n) is 2.58. The van der Waals surface area contributed by atoms with E-state index in [9.17, 15) is 35.9 Å². The van der Waals surface area contributed by atoms with Crippen molar-refractivity contribution >= 4 is 17.5 Å². The molecule has 25 heavy (non-hydrogen) atoms. The predicted molar refractivity (Wildman–Crippen MR) is 75.6 cm³/mol. The minimum atomic E-state index is -5.00. The summed E-state index contributed by atoms with van der Waals surface area (Å²) < 4.78 is 77.4. The van der Waals surface area contributed by atoms with E-state index in [-0.39, 0.29) is 19.0 Å². The van der Waals surface area contributed by atoms with Crippen molar-refractivity contribution in [2.24, 2.45) is 5.92 Å². The Labute approximate surface area is 139 Å². The molecule has 0 aromatic heterocycles. The molecule has 1 saturated heterocycles. The summed E-state index contributed by atoms with van der Waals surface area (Å²) in [5.41, 5.74) is -3.54. The summed E-state index contributed by atoms with van der Waals surface area (Å²) in [7, 11) is 2.89. The van der Waals surface area contributed by atoms with Gasteiger partial charge in [-0.25, -0.2) is 0 Å². The van der Waals surface area contributed by atoms with Crippen LogP contribution in [0.5, 0.6) is 0 Å². The first-order valence-electron chi connectivity index (χ1n) is 7.11. The van der Waals surface area contributed by atoms with Gasteiger partial charge in [-0.2, -0.15) is 26.3 Å². The lowest BCUT2D eigenvalue weighted by molar-refractivity contribution is -0.143. The topological polar surface area (TPSA) is 40.6 Å². The van der Waals surface area contributed by atoms with Crippen molar-refractivity contribution in [2.45, 2.75) is 18.8 Å². The number of hydrogen-bond acceptors (Lipinski definition) is 2. The molecule has 10 heteroatoms. The van der Waals surface area contributed by atoms with Crippen LogP contribution in [0.15, 0.2) is 18.2 Å². The van der Waals surface area contributed by atoms with E-state index in [0.29, 0.717) is 12.1 Å². The van der Waals surface area contributed by atoms with Crippen molar-refractivity contribution in [1.82, 2.24) is 4.90 Å². The minimum Gasteiger partial charge on any atom is -0.349 e. The maximum Gasteiger partial charge on any atom is 0.416 e. The molecule has 2 rings (SSSR count). The van der Waals surface area contributed by atoms with Crippen LogP contribution in [0.1, 0.15) is 17.5 Å². The third-order valence-corrected chi connectivity index (χ3v) is 3.80. The molecule has 1 fully saturated rings. The molecule has 1 aromatic carbocycles. The highest BCUT2D eigenvalue weighted by Crippen LogP contribution is 2.39. The van der Waals surface area contributed by atoms with Crippen molar-refractivity contribution in [1.29, 1.82) is 0 Å². The average molecular weight is 368 g/mol. The Morgan fingerprint density at radius 1 is 1.04 bits per heavy atom. The number of alkyl halides is 6. The Morgan fingerprint density at radius 3 is 1.92 bits per heavy atom. The number of benzene rings is 1. The molecule has 2 amide bonds. The van der Waals surface area contributed by atoms with Crippen LogP contribution in [0.2, 0.25) is 0 Å². The quantitative estimate of drug-likeness (QED) is 0.753. The first-order chi connectivity index (χ1) is 11.3. The van der Waals surface area contributed by atoms with Crippen molar-refractivity contribution in [3.8, 4) is 0 Å². The van der Waals surface area contributed by atoms with Gasteiger partial charge in [0, 0.05) is 32.7 Å². The Kier molecular flexibility index (Phi) is 4.75. The molecular formula is C15H14F6N2O2. The monoisotopic (exact) mass is 368 g/mol. The van der Waals surface area contributed by atoms with Crippen molar-refractivity contribution in [3.05, 3.63) is 29.3 Å². The number of nitrogens with zero attached hydrogens (tertiary/aromatic N) is 2. The zero-order valence-corrected chi connectivity index (χ0v) is 13.2. The van der Waals surface area contributed by atoms with Crippen LogP contribution in [0.4, 0.5) is 32.0 Å². The molecule has 0 spiro atoms.